The van der Waals surface area contributed by atoms with Gasteiger partial charge in [0.2, 0.25) is 5.91 Å². The molecule has 0 atom stereocenters. The highest BCUT2D eigenvalue weighted by Gasteiger charge is 2.35. The first kappa shape index (κ1) is 16.8. The van der Waals surface area contributed by atoms with Crippen LogP contribution in [0.15, 0.2) is 24.3 Å². The van der Waals surface area contributed by atoms with Crippen molar-refractivity contribution < 1.29 is 9.53 Å². The summed E-state index contributed by atoms with van der Waals surface area (Å²) in [4.78, 5) is 17.3. The quantitative estimate of drug-likeness (QED) is 0.857. The van der Waals surface area contributed by atoms with Crippen LogP contribution in [-0.4, -0.2) is 56.0 Å². The highest BCUT2D eigenvalue weighted by molar-refractivity contribution is 5.87. The summed E-state index contributed by atoms with van der Waals surface area (Å²) >= 11 is 0. The minimum atomic E-state index is -0.523. The number of amides is 1. The van der Waals surface area contributed by atoms with E-state index >= 15 is 0 Å². The number of methoxy groups -OCH3 is 1. The zero-order chi connectivity index (χ0) is 16.3. The van der Waals surface area contributed by atoms with Crippen molar-refractivity contribution >= 4 is 5.91 Å². The number of hydrogen-bond donors (Lipinski definition) is 0. The largest absolute Gasteiger partial charge is 0.497 e. The number of hydrogen-bond acceptors (Lipinski definition) is 3. The van der Waals surface area contributed by atoms with Crippen LogP contribution >= 0.6 is 0 Å². The lowest BCUT2D eigenvalue weighted by Crippen LogP contribution is -2.49. The second-order valence-corrected chi connectivity index (χ2v) is 6.80. The maximum atomic E-state index is 13.0. The van der Waals surface area contributed by atoms with Gasteiger partial charge in [-0.05, 0) is 64.5 Å². The number of ether oxygens (including phenoxy) is 1. The Morgan fingerprint density at radius 2 is 1.77 bits per heavy atom. The summed E-state index contributed by atoms with van der Waals surface area (Å²) in [6, 6.07) is 8.15. The molecule has 0 unspecified atom stereocenters. The fourth-order valence-electron chi connectivity index (χ4n) is 3.12. The molecular weight excluding hydrogens is 276 g/mol. The molecule has 1 aliphatic heterocycles. The molecule has 4 nitrogen and oxygen atoms in total. The third kappa shape index (κ3) is 3.43. The number of nitrogens with zero attached hydrogens (tertiary/aromatic N) is 2. The normalized spacial score (nSPS) is 17.3. The standard InChI is InChI=1S/C18H28N2O2/c1-18(2,14-6-8-16(22-5)9-7-14)17(21)20(4)15-10-12-19(3)13-11-15/h6-9,15H,10-13H2,1-5H3. The van der Waals surface area contributed by atoms with Gasteiger partial charge in [-0.1, -0.05) is 12.1 Å². The molecule has 1 fully saturated rings. The fourth-order valence-corrected chi connectivity index (χ4v) is 3.12. The topological polar surface area (TPSA) is 32.8 Å². The van der Waals surface area contributed by atoms with Crippen LogP contribution in [0.5, 0.6) is 5.75 Å². The summed E-state index contributed by atoms with van der Waals surface area (Å²) in [5, 5.41) is 0. The van der Waals surface area contributed by atoms with Crippen molar-refractivity contribution in [1.29, 1.82) is 0 Å². The highest BCUT2D eigenvalue weighted by Crippen LogP contribution is 2.29. The first-order chi connectivity index (χ1) is 10.4. The fraction of sp³-hybridized carbons (Fsp3) is 0.611. The van der Waals surface area contributed by atoms with E-state index in [2.05, 4.69) is 11.9 Å². The van der Waals surface area contributed by atoms with E-state index in [-0.39, 0.29) is 5.91 Å². The predicted octanol–water partition coefficient (Wildman–Crippen LogP) is 2.53. The smallest absolute Gasteiger partial charge is 0.232 e. The van der Waals surface area contributed by atoms with Gasteiger partial charge in [-0.3, -0.25) is 4.79 Å². The van der Waals surface area contributed by atoms with Crippen molar-refractivity contribution in [2.75, 3.05) is 34.3 Å². The van der Waals surface area contributed by atoms with Crippen LogP contribution in [0.3, 0.4) is 0 Å². The van der Waals surface area contributed by atoms with Gasteiger partial charge in [-0.15, -0.1) is 0 Å². The van der Waals surface area contributed by atoms with Gasteiger partial charge in [-0.2, -0.15) is 0 Å². The van der Waals surface area contributed by atoms with Crippen molar-refractivity contribution in [3.05, 3.63) is 29.8 Å². The van der Waals surface area contributed by atoms with Gasteiger partial charge < -0.3 is 14.5 Å². The summed E-state index contributed by atoms with van der Waals surface area (Å²) in [6.07, 6.45) is 2.11. The zero-order valence-corrected chi connectivity index (χ0v) is 14.4. The minimum absolute atomic E-state index is 0.187. The lowest BCUT2D eigenvalue weighted by atomic mass is 9.82. The summed E-state index contributed by atoms with van der Waals surface area (Å²) in [5.74, 6) is 1.00. The molecule has 0 saturated carbocycles. The highest BCUT2D eigenvalue weighted by atomic mass is 16.5. The molecule has 22 heavy (non-hydrogen) atoms. The number of carbonyl (C=O) groups excluding carboxylic acids is 1. The van der Waals surface area contributed by atoms with Gasteiger partial charge >= 0.3 is 0 Å². The second kappa shape index (κ2) is 6.69. The van der Waals surface area contributed by atoms with Crippen LogP contribution < -0.4 is 4.74 Å². The molecule has 0 radical (unpaired) electrons. The third-order valence-corrected chi connectivity index (χ3v) is 4.90. The molecule has 1 saturated heterocycles. The number of piperidine rings is 1. The lowest BCUT2D eigenvalue weighted by molar-refractivity contribution is -0.137. The van der Waals surface area contributed by atoms with Gasteiger partial charge in [0.25, 0.3) is 0 Å². The Balaban J connectivity index is 2.11. The van der Waals surface area contributed by atoms with Crippen LogP contribution in [0.25, 0.3) is 0 Å². The van der Waals surface area contributed by atoms with Crippen LogP contribution in [0.2, 0.25) is 0 Å². The molecule has 0 spiro atoms. The molecule has 0 aliphatic carbocycles. The van der Waals surface area contributed by atoms with E-state index < -0.39 is 5.41 Å². The Morgan fingerprint density at radius 3 is 2.27 bits per heavy atom. The van der Waals surface area contributed by atoms with Gasteiger partial charge in [-0.25, -0.2) is 0 Å². The molecule has 1 aromatic carbocycles. The van der Waals surface area contributed by atoms with E-state index in [4.69, 9.17) is 4.74 Å². The van der Waals surface area contributed by atoms with E-state index in [0.29, 0.717) is 6.04 Å². The lowest BCUT2D eigenvalue weighted by Gasteiger charge is -2.39. The van der Waals surface area contributed by atoms with Gasteiger partial charge in [0, 0.05) is 13.1 Å². The Bertz CT molecular complexity index is 502. The predicted molar refractivity (Wildman–Crippen MR) is 89.3 cm³/mol. The van der Waals surface area contributed by atoms with Gasteiger partial charge in [0.05, 0.1) is 12.5 Å². The first-order valence-corrected chi connectivity index (χ1v) is 7.96. The summed E-state index contributed by atoms with van der Waals surface area (Å²) in [7, 11) is 5.74. The van der Waals surface area contributed by atoms with Crippen molar-refractivity contribution in [2.24, 2.45) is 0 Å². The van der Waals surface area contributed by atoms with E-state index in [1.807, 2.05) is 50.1 Å². The minimum Gasteiger partial charge on any atom is -0.497 e. The average molecular weight is 304 g/mol. The summed E-state index contributed by atoms with van der Waals surface area (Å²) in [5.41, 5.74) is 0.503. The molecule has 4 heteroatoms. The second-order valence-electron chi connectivity index (χ2n) is 6.80. The number of likely N-dealkylation sites (tertiary alicyclic amines) is 1. The number of carbonyl (C=O) groups is 1. The van der Waals surface area contributed by atoms with E-state index in [9.17, 15) is 4.79 Å². The Kier molecular flexibility index (Phi) is 5.12. The molecule has 1 amide bonds. The third-order valence-electron chi connectivity index (χ3n) is 4.90. The van der Waals surface area contributed by atoms with Crippen LogP contribution in [0.4, 0.5) is 0 Å². The summed E-state index contributed by atoms with van der Waals surface area (Å²) < 4.78 is 5.20. The molecule has 1 aromatic rings. The van der Waals surface area contributed by atoms with Crippen LogP contribution in [0, 0.1) is 0 Å². The molecule has 0 aromatic heterocycles. The van der Waals surface area contributed by atoms with Gasteiger partial charge in [0.1, 0.15) is 5.75 Å². The maximum Gasteiger partial charge on any atom is 0.232 e. The van der Waals surface area contributed by atoms with Crippen molar-refractivity contribution in [1.82, 2.24) is 9.80 Å². The van der Waals surface area contributed by atoms with E-state index in [0.717, 1.165) is 37.2 Å². The summed E-state index contributed by atoms with van der Waals surface area (Å²) in [6.45, 7) is 6.13. The molecule has 0 bridgehead atoms. The van der Waals surface area contributed by atoms with Gasteiger partial charge in [0.15, 0.2) is 0 Å². The molecule has 0 N–H and O–H groups in total. The molecule has 122 valence electrons. The molecular formula is C18H28N2O2. The van der Waals surface area contributed by atoms with Crippen molar-refractivity contribution in [2.45, 2.75) is 38.1 Å². The van der Waals surface area contributed by atoms with E-state index in [1.165, 1.54) is 0 Å². The number of benzene rings is 1. The van der Waals surface area contributed by atoms with Crippen LogP contribution in [-0.2, 0) is 10.2 Å². The van der Waals surface area contributed by atoms with Crippen molar-refractivity contribution in [3.8, 4) is 5.75 Å². The maximum absolute atomic E-state index is 13.0. The molecule has 1 heterocycles. The Hall–Kier alpha value is -1.55. The van der Waals surface area contributed by atoms with Crippen LogP contribution in [0.1, 0.15) is 32.3 Å². The van der Waals surface area contributed by atoms with E-state index in [1.54, 1.807) is 7.11 Å². The number of likely N-dealkylation sites (N-methyl/N-ethyl adjacent to an activating group) is 1. The Labute approximate surface area is 134 Å². The molecule has 1 aliphatic rings. The van der Waals surface area contributed by atoms with Crippen molar-refractivity contribution in [3.63, 3.8) is 0 Å². The average Bonchev–Trinajstić information content (AvgIpc) is 2.54. The SMILES string of the molecule is COc1ccc(C(C)(C)C(=O)N(C)C2CCN(C)CC2)cc1. The molecule has 2 rings (SSSR count). The zero-order valence-electron chi connectivity index (χ0n) is 14.4. The monoisotopic (exact) mass is 304 g/mol. The Morgan fingerprint density at radius 1 is 1.23 bits per heavy atom. The first-order valence-electron chi connectivity index (χ1n) is 7.96. The number of rotatable bonds is 4.